The zero-order valence-electron chi connectivity index (χ0n) is 82.8. The van der Waals surface area contributed by atoms with Crippen molar-refractivity contribution >= 4 is 42.1 Å². The minimum absolute atomic E-state index is 0.0114. The molecule has 0 saturated carbocycles. The SMILES string of the molecule is CCCCCCCCCCCCCCP(CCCCCCCCCCCCCC)(CCCCCCCCCCCCCC)=[N+]=P(CCCCCCCCCCCCCC)(CCCCCCCCCCCCCC)CCCCCCCCCCCCCC.FC(F)(F)c1ccc([B-](c2ccc(C(F)(F)F)cc2)(c2ccc(C(F)(F)F)cc2)c2ccc(C(F)(F)F)cc2)cc1. The van der Waals surface area contributed by atoms with Gasteiger partial charge in [0.1, 0.15) is 6.15 Å². The van der Waals surface area contributed by atoms with Gasteiger partial charge in [0.25, 0.3) is 0 Å². The molecule has 0 heterocycles. The van der Waals surface area contributed by atoms with Crippen molar-refractivity contribution in [1.29, 1.82) is 0 Å². The van der Waals surface area contributed by atoms with Crippen LogP contribution in [0.1, 0.15) is 526 Å². The van der Waals surface area contributed by atoms with Crippen LogP contribution in [-0.2, 0) is 24.7 Å². The summed E-state index contributed by atoms with van der Waals surface area (Å²) in [6.45, 7) is 14.2. The van der Waals surface area contributed by atoms with Crippen LogP contribution in [0, 0.1) is 0 Å². The molecule has 0 fully saturated rings. The second-order valence-electron chi connectivity index (χ2n) is 39.3. The highest BCUT2D eigenvalue weighted by Gasteiger charge is 2.40. The van der Waals surface area contributed by atoms with E-state index in [4.69, 9.17) is 4.17 Å². The van der Waals surface area contributed by atoms with Gasteiger partial charge in [-0.05, 0) is 38.5 Å². The van der Waals surface area contributed by atoms with E-state index in [1.54, 1.807) is 0 Å². The van der Waals surface area contributed by atoms with E-state index in [1.165, 1.54) is 499 Å². The van der Waals surface area contributed by atoms with Gasteiger partial charge < -0.3 is 0 Å². The van der Waals surface area contributed by atoms with E-state index in [2.05, 4.69) is 41.5 Å². The van der Waals surface area contributed by atoms with Gasteiger partial charge in [0.2, 0.25) is 14.1 Å². The van der Waals surface area contributed by atoms with Gasteiger partial charge in [0.05, 0.1) is 22.3 Å². The molecule has 4 rings (SSSR count). The van der Waals surface area contributed by atoms with Crippen LogP contribution >= 0.6 is 14.1 Å². The number of hydrogen-bond acceptors (Lipinski definition) is 0. The van der Waals surface area contributed by atoms with Crippen LogP contribution in [0.3, 0.4) is 0 Å². The smallest absolute Gasteiger partial charge is 0.195 e. The Morgan fingerprint density at radius 2 is 0.266 bits per heavy atom. The monoisotopic (exact) mass is 1850 g/mol. The Labute approximate surface area is 779 Å². The van der Waals surface area contributed by atoms with Crippen LogP contribution in [0.15, 0.2) is 97.1 Å². The third kappa shape index (κ3) is 55.6. The maximum absolute atomic E-state index is 13.3. The number of alkyl halides is 12. The molecule has 0 atom stereocenters. The van der Waals surface area contributed by atoms with Gasteiger partial charge in [-0.3, -0.25) is 0 Å². The molecular formula is C112H190BF12NP2. The largest absolute Gasteiger partial charge is 0.416 e. The quantitative estimate of drug-likeness (QED) is 0.0138. The highest BCUT2D eigenvalue weighted by atomic mass is 31.2. The van der Waals surface area contributed by atoms with Gasteiger partial charge in [0.15, 0.2) is 0 Å². The average molecular weight is 1850 g/mol. The second kappa shape index (κ2) is 74.9. The highest BCUT2D eigenvalue weighted by molar-refractivity contribution is 7.73. The van der Waals surface area contributed by atoms with E-state index < -0.39 is 67.2 Å². The third-order valence-corrected chi connectivity index (χ3v) is 37.8. The second-order valence-corrected chi connectivity index (χ2v) is 47.1. The fourth-order valence-electron chi connectivity index (χ4n) is 19.8. The molecule has 128 heavy (non-hydrogen) atoms. The van der Waals surface area contributed by atoms with E-state index in [0.717, 1.165) is 48.5 Å². The van der Waals surface area contributed by atoms with Crippen molar-refractivity contribution < 1.29 is 52.7 Å². The molecule has 4 aromatic rings. The first-order chi connectivity index (χ1) is 61.9. The number of hydrogen-bond donors (Lipinski definition) is 0. The maximum Gasteiger partial charge on any atom is 0.416 e. The lowest BCUT2D eigenvalue weighted by Crippen LogP contribution is -2.74. The van der Waals surface area contributed by atoms with Crippen molar-refractivity contribution in [1.82, 2.24) is 4.17 Å². The van der Waals surface area contributed by atoms with Crippen molar-refractivity contribution in [2.45, 2.75) is 529 Å². The summed E-state index contributed by atoms with van der Waals surface area (Å²) in [6, 6.07) is 13.6. The summed E-state index contributed by atoms with van der Waals surface area (Å²) in [7, 11) is -2.87. The maximum atomic E-state index is 13.3. The predicted molar refractivity (Wildman–Crippen MR) is 542 cm³/mol. The Bertz CT molecular complexity index is 2810. The van der Waals surface area contributed by atoms with E-state index in [9.17, 15) is 52.7 Å². The molecule has 16 heteroatoms. The molecule has 0 aliphatic rings. The Morgan fingerprint density at radius 1 is 0.164 bits per heavy atom. The van der Waals surface area contributed by atoms with Crippen LogP contribution in [0.5, 0.6) is 0 Å². The van der Waals surface area contributed by atoms with Crippen molar-refractivity contribution in [3.8, 4) is 0 Å². The molecule has 0 N–H and O–H groups in total. The number of rotatable bonds is 82. The van der Waals surface area contributed by atoms with Gasteiger partial charge in [-0.15, -0.1) is 0 Å². The lowest BCUT2D eigenvalue weighted by atomic mass is 9.13. The van der Waals surface area contributed by atoms with Gasteiger partial charge in [-0.1, -0.05) is 562 Å². The van der Waals surface area contributed by atoms with Crippen molar-refractivity contribution in [2.24, 2.45) is 0 Å². The summed E-state index contributed by atoms with van der Waals surface area (Å²) >= 11 is 0. The number of benzene rings is 4. The molecule has 0 aromatic heterocycles. The van der Waals surface area contributed by atoms with Crippen molar-refractivity contribution in [2.75, 3.05) is 37.0 Å². The standard InChI is InChI=1S/C84H174NP2.C28H16BF12/c1-7-13-19-25-31-37-43-49-55-61-67-73-79-86(80-74-68-62-56-50-44-38-32-26-20-14-8-2,81-75-69-63-57-51-45-39-33-27-21-15-9-3)85-87(82-76-70-64-58-52-46-40-34-28-22-16-10-4,83-77-71-65-59-53-47-41-35-29-23-17-11-5)84-78-72-66-60-54-48-42-36-30-24-18-12-6;30-25(31,32)17-1-9-21(10-2-17)29(22-11-3-18(4-12-22)26(33,34)35,23-13-5-19(6-14-23)27(36,37)38)24-15-7-20(8-16-24)28(39,40)41/h7-84H2,1-6H3;1-16H/q+1;-1. The Balaban J connectivity index is 0.000000846. The van der Waals surface area contributed by atoms with E-state index in [-0.39, 0.29) is 21.9 Å². The van der Waals surface area contributed by atoms with E-state index in [0.29, 0.717) is 48.5 Å². The number of unbranched alkanes of at least 4 members (excludes halogenated alkanes) is 66. The Kier molecular flexibility index (Phi) is 69.5. The first kappa shape index (κ1) is 119. The van der Waals surface area contributed by atoms with Gasteiger partial charge in [-0.25, -0.2) is 0 Å². The molecule has 0 amide bonds. The normalized spacial score (nSPS) is 12.5. The van der Waals surface area contributed by atoms with Crippen LogP contribution in [0.2, 0.25) is 0 Å². The predicted octanol–water partition coefficient (Wildman–Crippen LogP) is 39.8. The Morgan fingerprint density at radius 3 is 0.367 bits per heavy atom. The summed E-state index contributed by atoms with van der Waals surface area (Å²) in [6.07, 6.45) is 93.2. The summed E-state index contributed by atoms with van der Waals surface area (Å²) in [5, 5.41) is 0. The first-order valence-electron chi connectivity index (χ1n) is 54.2. The van der Waals surface area contributed by atoms with Gasteiger partial charge in [-0.2, -0.15) is 78.7 Å². The topological polar surface area (TPSA) is 14.1 Å². The molecule has 0 aliphatic carbocycles. The summed E-state index contributed by atoms with van der Waals surface area (Å²) < 4.78 is 167. The first-order valence-corrected chi connectivity index (χ1v) is 58.8. The fraction of sp³-hybridized carbons (Fsp3) is 0.786. The Hall–Kier alpha value is -3.33. The molecule has 4 aromatic carbocycles. The molecular weight excluding hydrogens is 1660 g/mol. The third-order valence-electron chi connectivity index (χ3n) is 27.9. The van der Waals surface area contributed by atoms with E-state index >= 15 is 0 Å². The molecule has 740 valence electrons. The lowest BCUT2D eigenvalue weighted by molar-refractivity contribution is -0.138. The molecule has 0 unspecified atom stereocenters. The zero-order chi connectivity index (χ0) is 93.3. The molecule has 0 aliphatic heterocycles. The molecule has 1 nitrogen and oxygen atoms in total. The van der Waals surface area contributed by atoms with Crippen LogP contribution in [-0.4, -0.2) is 43.1 Å². The summed E-state index contributed by atoms with van der Waals surface area (Å²) in [4.78, 5) is 0. The fourth-order valence-corrected chi connectivity index (χ4v) is 31.4. The van der Waals surface area contributed by atoms with Crippen LogP contribution < -0.4 is 26.0 Å². The minimum Gasteiger partial charge on any atom is -0.195 e. The summed E-state index contributed by atoms with van der Waals surface area (Å²) in [5.41, 5.74) is -4.29. The van der Waals surface area contributed by atoms with Gasteiger partial charge >= 0.3 is 24.7 Å². The minimum atomic E-state index is -4.77. The zero-order valence-corrected chi connectivity index (χ0v) is 84.6. The van der Waals surface area contributed by atoms with Crippen LogP contribution in [0.4, 0.5) is 52.7 Å². The molecule has 0 radical (unpaired) electrons. The van der Waals surface area contributed by atoms with Crippen molar-refractivity contribution in [3.63, 3.8) is 0 Å². The molecule has 0 bridgehead atoms. The number of halogens is 12. The van der Waals surface area contributed by atoms with Crippen molar-refractivity contribution in [3.05, 3.63) is 119 Å². The molecule has 0 saturated heterocycles. The lowest BCUT2D eigenvalue weighted by Gasteiger charge is -2.44. The van der Waals surface area contributed by atoms with E-state index in [1.807, 2.05) is 0 Å². The summed E-state index contributed by atoms with van der Waals surface area (Å²) in [5.74, 6) is 0. The van der Waals surface area contributed by atoms with Gasteiger partial charge in [0, 0.05) is 37.0 Å². The molecule has 0 spiro atoms. The average Bonchev–Trinajstić information content (AvgIpc) is 0.726. The highest BCUT2D eigenvalue weighted by Crippen LogP contribution is 2.57. The van der Waals surface area contributed by atoms with Crippen LogP contribution in [0.25, 0.3) is 0 Å². The number of nitrogens with zero attached hydrogens (tertiary/aromatic N) is 1.